The largest absolute Gasteiger partial charge is 0.311 e. The first kappa shape index (κ1) is 29.1. The van der Waals surface area contributed by atoms with Crippen LogP contribution in [0.3, 0.4) is 0 Å². The quantitative estimate of drug-likeness (QED) is 0.186. The molecule has 0 saturated carbocycles. The average Bonchev–Trinajstić information content (AvgIpc) is 3.49. The number of fused-ring (bicyclic) bond motifs is 3. The van der Waals surface area contributed by atoms with E-state index >= 15 is 0 Å². The van der Waals surface area contributed by atoms with Crippen molar-refractivity contribution in [1.82, 2.24) is 4.57 Å². The minimum Gasteiger partial charge on any atom is -0.311 e. The molecule has 0 radical (unpaired) electrons. The van der Waals surface area contributed by atoms with Crippen molar-refractivity contribution < 1.29 is 0 Å². The second kappa shape index (κ2) is 13.2. The van der Waals surface area contributed by atoms with Crippen LogP contribution in [0.4, 0.5) is 11.4 Å². The molecule has 1 aromatic heterocycles. The van der Waals surface area contributed by atoms with Crippen molar-refractivity contribution in [1.29, 1.82) is 0 Å². The van der Waals surface area contributed by atoms with Gasteiger partial charge < -0.3 is 9.47 Å². The number of allylic oxidation sites excluding steroid dienone is 3. The maximum absolute atomic E-state index is 2.36. The Bertz CT molecular complexity index is 2080. The fraction of sp³-hybridized carbons (Fsp3) is 0.0909. The molecule has 6 aromatic carbocycles. The maximum Gasteiger partial charge on any atom is 0.0541 e. The third-order valence-electron chi connectivity index (χ3n) is 8.63. The SMILES string of the molecule is C1=CC(N(c2ccc(-c3ccccc3)cc2)c2ccc(-c3ccc(-n4c5ccccc5c5ccccc54)cc3)cc2)=CCC1.CC. The van der Waals surface area contributed by atoms with E-state index in [2.05, 4.69) is 179 Å². The normalized spacial score (nSPS) is 12.4. The number of aromatic nitrogens is 1. The van der Waals surface area contributed by atoms with Gasteiger partial charge in [0.2, 0.25) is 0 Å². The van der Waals surface area contributed by atoms with Gasteiger partial charge in [0.1, 0.15) is 0 Å². The van der Waals surface area contributed by atoms with Gasteiger partial charge in [-0.15, -0.1) is 0 Å². The van der Waals surface area contributed by atoms with Crippen LogP contribution < -0.4 is 4.90 Å². The fourth-order valence-corrected chi connectivity index (χ4v) is 6.45. The van der Waals surface area contributed by atoms with Gasteiger partial charge in [-0.1, -0.05) is 129 Å². The Morgan fingerprint density at radius 3 is 1.41 bits per heavy atom. The van der Waals surface area contributed by atoms with Gasteiger partial charge in [0.05, 0.1) is 11.0 Å². The van der Waals surface area contributed by atoms with Gasteiger partial charge in [-0.3, -0.25) is 0 Å². The van der Waals surface area contributed by atoms with E-state index in [9.17, 15) is 0 Å². The highest BCUT2D eigenvalue weighted by Gasteiger charge is 2.16. The molecular weight excluding hydrogens is 556 g/mol. The van der Waals surface area contributed by atoms with Crippen molar-refractivity contribution >= 4 is 33.2 Å². The Labute approximate surface area is 272 Å². The van der Waals surface area contributed by atoms with Crippen LogP contribution in [0.15, 0.2) is 176 Å². The van der Waals surface area contributed by atoms with Crippen LogP contribution in [-0.4, -0.2) is 4.57 Å². The van der Waals surface area contributed by atoms with Gasteiger partial charge in [-0.05, 0) is 89.7 Å². The van der Waals surface area contributed by atoms with Gasteiger partial charge in [-0.25, -0.2) is 0 Å². The first-order valence-corrected chi connectivity index (χ1v) is 16.3. The molecule has 0 amide bonds. The fourth-order valence-electron chi connectivity index (χ4n) is 6.45. The van der Waals surface area contributed by atoms with Crippen LogP contribution in [0, 0.1) is 0 Å². The molecular formula is C44H38N2. The monoisotopic (exact) mass is 594 g/mol. The van der Waals surface area contributed by atoms with Gasteiger partial charge in [-0.2, -0.15) is 0 Å². The average molecular weight is 595 g/mol. The summed E-state index contributed by atoms with van der Waals surface area (Å²) in [5.41, 5.74) is 12.0. The molecule has 1 aliphatic carbocycles. The van der Waals surface area contributed by atoms with E-state index in [0.29, 0.717) is 0 Å². The van der Waals surface area contributed by atoms with E-state index in [1.54, 1.807) is 0 Å². The molecule has 8 rings (SSSR count). The summed E-state index contributed by atoms with van der Waals surface area (Å²) >= 11 is 0. The van der Waals surface area contributed by atoms with Crippen LogP contribution in [0.25, 0.3) is 49.7 Å². The van der Waals surface area contributed by atoms with Crippen molar-refractivity contribution in [2.45, 2.75) is 26.7 Å². The number of rotatable bonds is 6. The van der Waals surface area contributed by atoms with Crippen LogP contribution in [-0.2, 0) is 0 Å². The molecule has 1 aliphatic rings. The van der Waals surface area contributed by atoms with E-state index in [0.717, 1.165) is 24.2 Å². The number of anilines is 2. The highest BCUT2D eigenvalue weighted by atomic mass is 15.1. The Morgan fingerprint density at radius 2 is 0.913 bits per heavy atom. The summed E-state index contributed by atoms with van der Waals surface area (Å²) < 4.78 is 2.36. The standard InChI is InChI=1S/C42H32N2.C2H6/c1-3-11-31(12-4-1)32-19-25-36(26-20-32)43(35-13-5-2-6-14-35)37-27-21-33(22-28-37)34-23-29-38(30-24-34)44-41-17-9-7-15-39(41)40-16-8-10-18-42(40)44;1-2/h1,3-5,7-30H,2,6H2;1-2H3. The first-order chi connectivity index (χ1) is 22.8. The summed E-state index contributed by atoms with van der Waals surface area (Å²) in [7, 11) is 0. The van der Waals surface area contributed by atoms with Gasteiger partial charge in [0.15, 0.2) is 0 Å². The third kappa shape index (κ3) is 5.55. The van der Waals surface area contributed by atoms with Crippen molar-refractivity contribution in [2.24, 2.45) is 0 Å². The summed E-state index contributed by atoms with van der Waals surface area (Å²) in [5, 5.41) is 2.56. The predicted octanol–water partition coefficient (Wildman–Crippen LogP) is 12.5. The molecule has 0 N–H and O–H groups in total. The van der Waals surface area contributed by atoms with E-state index in [4.69, 9.17) is 0 Å². The van der Waals surface area contributed by atoms with Crippen molar-refractivity contribution in [2.75, 3.05) is 4.90 Å². The molecule has 2 nitrogen and oxygen atoms in total. The van der Waals surface area contributed by atoms with E-state index in [-0.39, 0.29) is 0 Å². The maximum atomic E-state index is 2.36. The molecule has 0 bridgehead atoms. The minimum atomic E-state index is 1.06. The lowest BCUT2D eigenvalue weighted by Gasteiger charge is -2.28. The molecule has 224 valence electrons. The smallest absolute Gasteiger partial charge is 0.0541 e. The van der Waals surface area contributed by atoms with E-state index < -0.39 is 0 Å². The molecule has 0 saturated heterocycles. The Balaban J connectivity index is 0.00000166. The summed E-state index contributed by atoms with van der Waals surface area (Å²) in [5.74, 6) is 0. The van der Waals surface area contributed by atoms with Gasteiger partial charge in [0.25, 0.3) is 0 Å². The Morgan fingerprint density at radius 1 is 0.457 bits per heavy atom. The summed E-state index contributed by atoms with van der Waals surface area (Å²) in [6.45, 7) is 4.00. The van der Waals surface area contributed by atoms with E-state index in [1.165, 1.54) is 55.4 Å². The summed E-state index contributed by atoms with van der Waals surface area (Å²) in [6, 6.07) is 54.7. The Kier molecular flexibility index (Phi) is 8.34. The highest BCUT2D eigenvalue weighted by molar-refractivity contribution is 6.09. The van der Waals surface area contributed by atoms with Crippen LogP contribution in [0.5, 0.6) is 0 Å². The lowest BCUT2D eigenvalue weighted by atomic mass is 10.0. The van der Waals surface area contributed by atoms with E-state index in [1.807, 2.05) is 13.8 Å². The molecule has 0 fully saturated rings. The molecule has 1 heterocycles. The van der Waals surface area contributed by atoms with Crippen LogP contribution in [0.2, 0.25) is 0 Å². The molecule has 7 aromatic rings. The predicted molar refractivity (Wildman–Crippen MR) is 198 cm³/mol. The zero-order valence-corrected chi connectivity index (χ0v) is 26.5. The number of hydrogen-bond acceptors (Lipinski definition) is 1. The van der Waals surface area contributed by atoms with Gasteiger partial charge >= 0.3 is 0 Å². The Hall–Kier alpha value is -5.60. The van der Waals surface area contributed by atoms with Gasteiger partial charge in [0, 0.05) is 33.5 Å². The third-order valence-corrected chi connectivity index (χ3v) is 8.63. The second-order valence-electron chi connectivity index (χ2n) is 11.3. The van der Waals surface area contributed by atoms with Crippen molar-refractivity contribution in [3.05, 3.63) is 176 Å². The lowest BCUT2D eigenvalue weighted by Crippen LogP contribution is -2.16. The van der Waals surface area contributed by atoms with Crippen LogP contribution in [0.1, 0.15) is 26.7 Å². The highest BCUT2D eigenvalue weighted by Crippen LogP contribution is 2.36. The number of nitrogens with zero attached hydrogens (tertiary/aromatic N) is 2. The topological polar surface area (TPSA) is 8.17 Å². The molecule has 0 aliphatic heterocycles. The van der Waals surface area contributed by atoms with Crippen LogP contribution >= 0.6 is 0 Å². The number of benzene rings is 6. The zero-order chi connectivity index (χ0) is 31.3. The van der Waals surface area contributed by atoms with Crippen molar-refractivity contribution in [3.63, 3.8) is 0 Å². The minimum absolute atomic E-state index is 1.06. The number of para-hydroxylation sites is 2. The van der Waals surface area contributed by atoms with Crippen molar-refractivity contribution in [3.8, 4) is 27.9 Å². The molecule has 0 unspecified atom stereocenters. The number of hydrogen-bond donors (Lipinski definition) is 0. The first-order valence-electron chi connectivity index (χ1n) is 16.3. The molecule has 0 atom stereocenters. The zero-order valence-electron chi connectivity index (χ0n) is 26.5. The summed E-state index contributed by atoms with van der Waals surface area (Å²) in [6.07, 6.45) is 9.00. The molecule has 0 spiro atoms. The second-order valence-corrected chi connectivity index (χ2v) is 11.3. The summed E-state index contributed by atoms with van der Waals surface area (Å²) in [4.78, 5) is 2.36. The lowest BCUT2D eigenvalue weighted by molar-refractivity contribution is 0.997. The molecule has 46 heavy (non-hydrogen) atoms. The molecule has 2 heteroatoms.